The molecule has 1 saturated carbocycles. The zero-order valence-electron chi connectivity index (χ0n) is 21.6. The minimum absolute atomic E-state index is 0.0887. The number of piperazine rings is 1. The molecule has 35 heavy (non-hydrogen) atoms. The average Bonchev–Trinajstić information content (AvgIpc) is 3.66. The van der Waals surface area contributed by atoms with Crippen LogP contribution in [-0.2, 0) is 14.3 Å². The molecule has 8 nitrogen and oxygen atoms in total. The molecular weight excluding hydrogens is 444 g/mol. The summed E-state index contributed by atoms with van der Waals surface area (Å²) in [6.45, 7) is 13.0. The number of carbonyl (C=O) groups is 3. The molecule has 1 saturated heterocycles. The second kappa shape index (κ2) is 10.4. The number of esters is 1. The molecule has 4 rings (SSSR count). The zero-order chi connectivity index (χ0) is 25.3. The van der Waals surface area contributed by atoms with Crippen LogP contribution in [0, 0.1) is 19.8 Å². The molecule has 1 N–H and O–H groups in total. The molecular formula is C27H38N4O4. The van der Waals surface area contributed by atoms with Crippen LogP contribution in [0.25, 0.3) is 0 Å². The molecule has 0 spiro atoms. The first-order valence-electron chi connectivity index (χ1n) is 12.8. The maximum atomic E-state index is 13.4. The van der Waals surface area contributed by atoms with Crippen molar-refractivity contribution in [2.24, 2.45) is 5.92 Å². The molecule has 8 heteroatoms. The molecule has 1 aromatic carbocycles. The van der Waals surface area contributed by atoms with E-state index in [4.69, 9.17) is 4.74 Å². The highest BCUT2D eigenvalue weighted by atomic mass is 16.5. The fourth-order valence-corrected chi connectivity index (χ4v) is 5.24. The Morgan fingerprint density at radius 2 is 1.89 bits per heavy atom. The van der Waals surface area contributed by atoms with Crippen molar-refractivity contribution in [1.82, 2.24) is 20.0 Å². The molecule has 3 amide bonds. The van der Waals surface area contributed by atoms with Crippen LogP contribution >= 0.6 is 0 Å². The lowest BCUT2D eigenvalue weighted by molar-refractivity contribution is -0.139. The average molecular weight is 483 g/mol. The Bertz CT molecular complexity index is 1030. The van der Waals surface area contributed by atoms with Gasteiger partial charge in [-0.2, -0.15) is 0 Å². The first kappa shape index (κ1) is 25.2. The third kappa shape index (κ3) is 5.22. The summed E-state index contributed by atoms with van der Waals surface area (Å²) in [5, 5.41) is 3.07. The smallest absolute Gasteiger partial charge is 0.338 e. The predicted octanol–water partition coefficient (Wildman–Crippen LogP) is 3.15. The van der Waals surface area contributed by atoms with Gasteiger partial charge >= 0.3 is 12.0 Å². The monoisotopic (exact) mass is 482 g/mol. The Morgan fingerprint density at radius 1 is 1.14 bits per heavy atom. The Morgan fingerprint density at radius 3 is 2.51 bits per heavy atom. The highest BCUT2D eigenvalue weighted by Crippen LogP contribution is 2.35. The summed E-state index contributed by atoms with van der Waals surface area (Å²) in [4.78, 5) is 45.1. The molecule has 0 bridgehead atoms. The van der Waals surface area contributed by atoms with E-state index in [2.05, 4.69) is 17.1 Å². The lowest BCUT2D eigenvalue weighted by Gasteiger charge is -2.43. The van der Waals surface area contributed by atoms with Crippen molar-refractivity contribution >= 4 is 17.9 Å². The number of carbonyl (C=O) groups excluding carboxylic acids is 3. The molecule has 2 unspecified atom stereocenters. The normalized spacial score (nSPS) is 23.4. The van der Waals surface area contributed by atoms with Crippen LogP contribution in [0.3, 0.4) is 0 Å². The fraction of sp³-hybridized carbons (Fsp3) is 0.593. The summed E-state index contributed by atoms with van der Waals surface area (Å²) in [7, 11) is 0. The van der Waals surface area contributed by atoms with E-state index in [1.807, 2.05) is 43.9 Å². The van der Waals surface area contributed by atoms with Crippen molar-refractivity contribution in [2.75, 3.05) is 39.3 Å². The van der Waals surface area contributed by atoms with E-state index < -0.39 is 12.0 Å². The Balaban J connectivity index is 1.69. The second-order valence-corrected chi connectivity index (χ2v) is 9.96. The summed E-state index contributed by atoms with van der Waals surface area (Å²) >= 11 is 0. The van der Waals surface area contributed by atoms with Gasteiger partial charge in [0, 0.05) is 50.4 Å². The van der Waals surface area contributed by atoms with Gasteiger partial charge < -0.3 is 15.0 Å². The van der Waals surface area contributed by atoms with Gasteiger partial charge in [0.05, 0.1) is 18.2 Å². The Kier molecular flexibility index (Phi) is 7.50. The number of benzene rings is 1. The first-order chi connectivity index (χ1) is 16.7. The van der Waals surface area contributed by atoms with Gasteiger partial charge in [-0.3, -0.25) is 14.6 Å². The highest BCUT2D eigenvalue weighted by molar-refractivity contribution is 5.95. The SMILES string of the molecule is CCOC(=O)C1=C(CN2CCN(C(=O)C3CC3)C(C)C2)N(CC)C(=O)NC1c1cc(C)ccc1C. The van der Waals surface area contributed by atoms with Gasteiger partial charge in [0.2, 0.25) is 5.91 Å². The first-order valence-corrected chi connectivity index (χ1v) is 12.8. The van der Waals surface area contributed by atoms with Gasteiger partial charge in [-0.25, -0.2) is 9.59 Å². The number of aryl methyl sites for hydroxylation is 2. The summed E-state index contributed by atoms with van der Waals surface area (Å²) < 4.78 is 5.51. The van der Waals surface area contributed by atoms with Crippen molar-refractivity contribution in [3.8, 4) is 0 Å². The fourth-order valence-electron chi connectivity index (χ4n) is 5.24. The lowest BCUT2D eigenvalue weighted by Crippen LogP contribution is -2.56. The van der Waals surface area contributed by atoms with E-state index >= 15 is 0 Å². The van der Waals surface area contributed by atoms with Crippen LogP contribution in [0.2, 0.25) is 0 Å². The van der Waals surface area contributed by atoms with Crippen LogP contribution in [0.5, 0.6) is 0 Å². The Labute approximate surface area is 208 Å². The Hall–Kier alpha value is -2.87. The van der Waals surface area contributed by atoms with Crippen molar-refractivity contribution in [1.29, 1.82) is 0 Å². The van der Waals surface area contributed by atoms with Crippen LogP contribution in [-0.4, -0.2) is 78.0 Å². The van der Waals surface area contributed by atoms with E-state index in [-0.39, 0.29) is 30.5 Å². The molecule has 2 heterocycles. The number of hydrogen-bond acceptors (Lipinski definition) is 5. The van der Waals surface area contributed by atoms with Crippen LogP contribution in [0.1, 0.15) is 56.3 Å². The minimum Gasteiger partial charge on any atom is -0.463 e. The second-order valence-electron chi connectivity index (χ2n) is 9.96. The molecule has 3 aliphatic rings. The number of likely N-dealkylation sites (N-methyl/N-ethyl adjacent to an activating group) is 1. The number of ether oxygens (including phenoxy) is 1. The van der Waals surface area contributed by atoms with Crippen LogP contribution in [0.15, 0.2) is 29.5 Å². The van der Waals surface area contributed by atoms with Gasteiger partial charge in [0.15, 0.2) is 0 Å². The van der Waals surface area contributed by atoms with Gasteiger partial charge in [0.1, 0.15) is 0 Å². The summed E-state index contributed by atoms with van der Waals surface area (Å²) in [5.74, 6) is 0.0753. The minimum atomic E-state index is -0.575. The van der Waals surface area contributed by atoms with Crippen LogP contribution in [0.4, 0.5) is 4.79 Å². The summed E-state index contributed by atoms with van der Waals surface area (Å²) in [6, 6.07) is 5.38. The summed E-state index contributed by atoms with van der Waals surface area (Å²) in [6.07, 6.45) is 2.00. The van der Waals surface area contributed by atoms with Crippen molar-refractivity contribution < 1.29 is 19.1 Å². The maximum Gasteiger partial charge on any atom is 0.338 e. The molecule has 0 aromatic heterocycles. The molecule has 1 aliphatic carbocycles. The van der Waals surface area contributed by atoms with Gasteiger partial charge in [-0.1, -0.05) is 23.8 Å². The maximum absolute atomic E-state index is 13.4. The highest BCUT2D eigenvalue weighted by Gasteiger charge is 2.41. The largest absolute Gasteiger partial charge is 0.463 e. The van der Waals surface area contributed by atoms with Gasteiger partial charge in [-0.15, -0.1) is 0 Å². The van der Waals surface area contributed by atoms with E-state index in [0.717, 1.165) is 29.5 Å². The molecule has 1 aromatic rings. The molecule has 190 valence electrons. The lowest BCUT2D eigenvalue weighted by atomic mass is 9.90. The standard InChI is InChI=1S/C27H38N4O4/c1-6-30-22(16-29-12-13-31(19(5)15-29)25(32)20-10-11-20)23(26(33)35-7-2)24(28-27(30)34)21-14-17(3)8-9-18(21)4/h8-9,14,19-20,24H,6-7,10-13,15-16H2,1-5H3,(H,28,34). The number of rotatable bonds is 7. The van der Waals surface area contributed by atoms with Crippen molar-refractivity contribution in [2.45, 2.75) is 59.5 Å². The molecule has 0 radical (unpaired) electrons. The number of hydrogen-bond donors (Lipinski definition) is 1. The molecule has 2 atom stereocenters. The van der Waals surface area contributed by atoms with E-state index in [1.54, 1.807) is 11.8 Å². The molecule has 2 aliphatic heterocycles. The van der Waals surface area contributed by atoms with E-state index in [0.29, 0.717) is 44.0 Å². The number of amides is 3. The van der Waals surface area contributed by atoms with Gasteiger partial charge in [0.25, 0.3) is 0 Å². The van der Waals surface area contributed by atoms with Gasteiger partial charge in [-0.05, 0) is 58.6 Å². The summed E-state index contributed by atoms with van der Waals surface area (Å²) in [5.41, 5.74) is 4.16. The van der Waals surface area contributed by atoms with Crippen molar-refractivity contribution in [3.63, 3.8) is 0 Å². The van der Waals surface area contributed by atoms with Crippen LogP contribution < -0.4 is 5.32 Å². The topological polar surface area (TPSA) is 82.2 Å². The zero-order valence-corrected chi connectivity index (χ0v) is 21.6. The predicted molar refractivity (Wildman–Crippen MR) is 134 cm³/mol. The van der Waals surface area contributed by atoms with E-state index in [9.17, 15) is 14.4 Å². The molecule has 2 fully saturated rings. The number of urea groups is 1. The number of nitrogens with zero attached hydrogens (tertiary/aromatic N) is 3. The number of nitrogens with one attached hydrogen (secondary N) is 1. The van der Waals surface area contributed by atoms with Crippen molar-refractivity contribution in [3.05, 3.63) is 46.2 Å². The quantitative estimate of drug-likeness (QED) is 0.604. The third-order valence-electron chi connectivity index (χ3n) is 7.29. The van der Waals surface area contributed by atoms with E-state index in [1.165, 1.54) is 0 Å². The third-order valence-corrected chi connectivity index (χ3v) is 7.29.